The molecular weight excluding hydrogens is 396 g/mol. The molecule has 2 aliphatic rings. The lowest BCUT2D eigenvalue weighted by Gasteiger charge is -2.29. The Morgan fingerprint density at radius 3 is 2.80 bits per heavy atom. The predicted molar refractivity (Wildman–Crippen MR) is 120 cm³/mol. The van der Waals surface area contributed by atoms with Crippen molar-refractivity contribution in [3.05, 3.63) is 65.7 Å². The number of nitrogens with zero attached hydrogens (tertiary/aromatic N) is 1. The number of fused-ring (bicyclic) bond motifs is 5. The molecule has 2 heterocycles. The van der Waals surface area contributed by atoms with Crippen LogP contribution < -0.4 is 4.72 Å². The molecule has 6 heteroatoms. The Morgan fingerprint density at radius 2 is 1.97 bits per heavy atom. The number of carbonyl (C=O) groups excluding carboxylic acids is 1. The first-order chi connectivity index (χ1) is 14.5. The van der Waals surface area contributed by atoms with Crippen LogP contribution in [0.15, 0.2) is 54.6 Å². The molecule has 5 nitrogen and oxygen atoms in total. The van der Waals surface area contributed by atoms with Gasteiger partial charge in [0.25, 0.3) is 0 Å². The van der Waals surface area contributed by atoms with Gasteiger partial charge in [0.05, 0.1) is 11.8 Å². The SMILES string of the molecule is CCS(=O)(=O)NC1CCN2C(=O)CC/C=C/c3ccccc3-c3cccc(c3)CC12. The van der Waals surface area contributed by atoms with Crippen LogP contribution in [0.3, 0.4) is 0 Å². The van der Waals surface area contributed by atoms with Gasteiger partial charge in [0.15, 0.2) is 0 Å². The largest absolute Gasteiger partial charge is 0.338 e. The number of nitrogens with one attached hydrogen (secondary N) is 1. The third-order valence-corrected chi connectivity index (χ3v) is 7.46. The minimum atomic E-state index is -3.34. The van der Waals surface area contributed by atoms with E-state index in [1.807, 2.05) is 23.1 Å². The molecule has 0 aromatic heterocycles. The quantitative estimate of drug-likeness (QED) is 0.819. The maximum atomic E-state index is 13.0. The van der Waals surface area contributed by atoms with Crippen molar-refractivity contribution < 1.29 is 13.2 Å². The molecule has 2 aromatic rings. The zero-order valence-corrected chi connectivity index (χ0v) is 18.1. The minimum Gasteiger partial charge on any atom is -0.338 e. The minimum absolute atomic E-state index is 0.0429. The Balaban J connectivity index is 1.73. The summed E-state index contributed by atoms with van der Waals surface area (Å²) in [6.07, 6.45) is 6.52. The van der Waals surface area contributed by atoms with Gasteiger partial charge in [-0.25, -0.2) is 13.1 Å². The fourth-order valence-corrected chi connectivity index (χ4v) is 5.34. The molecule has 1 fully saturated rings. The van der Waals surface area contributed by atoms with E-state index in [2.05, 4.69) is 47.2 Å². The molecular formula is C24H28N2O3S. The molecule has 2 aromatic carbocycles. The summed E-state index contributed by atoms with van der Waals surface area (Å²) >= 11 is 0. The summed E-state index contributed by atoms with van der Waals surface area (Å²) < 4.78 is 27.3. The fraction of sp³-hybridized carbons (Fsp3) is 0.375. The van der Waals surface area contributed by atoms with Crippen molar-refractivity contribution in [2.45, 2.75) is 44.7 Å². The van der Waals surface area contributed by atoms with E-state index in [4.69, 9.17) is 0 Å². The highest BCUT2D eigenvalue weighted by molar-refractivity contribution is 7.89. The summed E-state index contributed by atoms with van der Waals surface area (Å²) in [6, 6.07) is 16.2. The van der Waals surface area contributed by atoms with Gasteiger partial charge in [-0.15, -0.1) is 0 Å². The number of amides is 1. The van der Waals surface area contributed by atoms with Gasteiger partial charge < -0.3 is 4.90 Å². The van der Waals surface area contributed by atoms with Gasteiger partial charge in [-0.05, 0) is 48.4 Å². The molecule has 2 unspecified atom stereocenters. The van der Waals surface area contributed by atoms with Gasteiger partial charge in [0.2, 0.25) is 15.9 Å². The third kappa shape index (κ3) is 4.50. The topological polar surface area (TPSA) is 66.5 Å². The van der Waals surface area contributed by atoms with E-state index in [1.54, 1.807) is 6.92 Å². The predicted octanol–water partition coefficient (Wildman–Crippen LogP) is 3.61. The van der Waals surface area contributed by atoms with Crippen molar-refractivity contribution in [3.8, 4) is 11.1 Å². The summed E-state index contributed by atoms with van der Waals surface area (Å²) in [7, 11) is -3.34. The molecule has 1 N–H and O–H groups in total. The molecule has 2 atom stereocenters. The van der Waals surface area contributed by atoms with Crippen LogP contribution in [0, 0.1) is 0 Å². The summed E-state index contributed by atoms with van der Waals surface area (Å²) in [5, 5.41) is 0. The highest BCUT2D eigenvalue weighted by atomic mass is 32.2. The summed E-state index contributed by atoms with van der Waals surface area (Å²) in [5.74, 6) is 0.132. The number of sulfonamides is 1. The summed E-state index contributed by atoms with van der Waals surface area (Å²) in [5.41, 5.74) is 4.53. The highest BCUT2D eigenvalue weighted by Gasteiger charge is 2.38. The maximum Gasteiger partial charge on any atom is 0.223 e. The molecule has 0 saturated carbocycles. The van der Waals surface area contributed by atoms with E-state index < -0.39 is 10.0 Å². The molecule has 2 bridgehead atoms. The van der Waals surface area contributed by atoms with E-state index >= 15 is 0 Å². The van der Waals surface area contributed by atoms with Crippen molar-refractivity contribution in [2.75, 3.05) is 12.3 Å². The van der Waals surface area contributed by atoms with Crippen molar-refractivity contribution in [1.29, 1.82) is 0 Å². The normalized spacial score (nSPS) is 23.0. The van der Waals surface area contributed by atoms with Gasteiger partial charge in [-0.1, -0.05) is 60.7 Å². The number of hydrogen-bond donors (Lipinski definition) is 1. The van der Waals surface area contributed by atoms with Gasteiger partial charge in [-0.3, -0.25) is 4.79 Å². The number of benzene rings is 2. The van der Waals surface area contributed by atoms with Gasteiger partial charge >= 0.3 is 0 Å². The lowest BCUT2D eigenvalue weighted by Crippen LogP contribution is -2.48. The van der Waals surface area contributed by atoms with Crippen molar-refractivity contribution >= 4 is 22.0 Å². The number of allylic oxidation sites excluding steroid dienone is 1. The average Bonchev–Trinajstić information content (AvgIpc) is 3.12. The molecule has 0 spiro atoms. The number of carbonyl (C=O) groups is 1. The van der Waals surface area contributed by atoms with Crippen molar-refractivity contribution in [1.82, 2.24) is 9.62 Å². The Bertz CT molecular complexity index is 1060. The molecule has 2 aliphatic heterocycles. The van der Waals surface area contributed by atoms with Crippen LogP contribution in [0.1, 0.15) is 37.3 Å². The molecule has 1 amide bonds. The molecule has 0 radical (unpaired) electrons. The average molecular weight is 425 g/mol. The molecule has 158 valence electrons. The van der Waals surface area contributed by atoms with E-state index in [-0.39, 0.29) is 23.7 Å². The van der Waals surface area contributed by atoms with Gasteiger partial charge in [0.1, 0.15) is 0 Å². The van der Waals surface area contributed by atoms with Crippen LogP contribution in [0.25, 0.3) is 17.2 Å². The lowest BCUT2D eigenvalue weighted by molar-refractivity contribution is -0.132. The van der Waals surface area contributed by atoms with Gasteiger partial charge in [-0.2, -0.15) is 0 Å². The zero-order chi connectivity index (χ0) is 21.1. The highest BCUT2D eigenvalue weighted by Crippen LogP contribution is 2.29. The lowest BCUT2D eigenvalue weighted by atomic mass is 9.94. The first-order valence-electron chi connectivity index (χ1n) is 10.6. The number of rotatable bonds is 3. The van der Waals surface area contributed by atoms with Crippen LogP contribution in [-0.4, -0.2) is 43.6 Å². The second-order valence-corrected chi connectivity index (χ2v) is 10.0. The van der Waals surface area contributed by atoms with Gasteiger partial charge in [0, 0.05) is 19.0 Å². The Hall–Kier alpha value is -2.44. The van der Waals surface area contributed by atoms with E-state index in [0.717, 1.165) is 22.3 Å². The van der Waals surface area contributed by atoms with Crippen molar-refractivity contribution in [2.24, 2.45) is 0 Å². The van der Waals surface area contributed by atoms with Crippen LogP contribution in [0.4, 0.5) is 0 Å². The van der Waals surface area contributed by atoms with Crippen LogP contribution >= 0.6 is 0 Å². The molecule has 30 heavy (non-hydrogen) atoms. The molecule has 0 aliphatic carbocycles. The first-order valence-corrected chi connectivity index (χ1v) is 12.3. The van der Waals surface area contributed by atoms with Crippen LogP contribution in [0.5, 0.6) is 0 Å². The van der Waals surface area contributed by atoms with Crippen LogP contribution in [0.2, 0.25) is 0 Å². The standard InChI is InChI=1S/C24H28N2O3S/c1-2-30(28,29)25-22-14-15-26-23(22)17-18-8-7-11-20(16-18)21-12-5-3-9-19(21)10-4-6-13-24(26)27/h3-5,7-12,16,22-23,25H,2,6,13-15,17H2,1H3/b10-4+. The molecule has 4 rings (SSSR count). The fourth-order valence-electron chi connectivity index (χ4n) is 4.44. The first kappa shape index (κ1) is 20.8. The zero-order valence-electron chi connectivity index (χ0n) is 17.3. The second-order valence-electron chi connectivity index (χ2n) is 8.00. The van der Waals surface area contributed by atoms with E-state index in [0.29, 0.717) is 32.2 Å². The smallest absolute Gasteiger partial charge is 0.223 e. The summed E-state index contributed by atoms with van der Waals surface area (Å²) in [6.45, 7) is 2.22. The third-order valence-electron chi connectivity index (χ3n) is 6.04. The van der Waals surface area contributed by atoms with Crippen LogP contribution in [-0.2, 0) is 21.2 Å². The molecule has 1 saturated heterocycles. The Labute approximate surface area is 178 Å². The Morgan fingerprint density at radius 1 is 1.13 bits per heavy atom. The van der Waals surface area contributed by atoms with E-state index in [9.17, 15) is 13.2 Å². The second kappa shape index (κ2) is 8.74. The number of hydrogen-bond acceptors (Lipinski definition) is 3. The summed E-state index contributed by atoms with van der Waals surface area (Å²) in [4.78, 5) is 14.8. The van der Waals surface area contributed by atoms with Crippen molar-refractivity contribution in [3.63, 3.8) is 0 Å². The maximum absolute atomic E-state index is 13.0. The monoisotopic (exact) mass is 424 g/mol. The van der Waals surface area contributed by atoms with E-state index in [1.165, 1.54) is 0 Å². The Kier molecular flexibility index (Phi) is 6.06.